The van der Waals surface area contributed by atoms with E-state index in [4.69, 9.17) is 9.47 Å². The minimum absolute atomic E-state index is 0.0884. The number of hydrogen-bond acceptors (Lipinski definition) is 5. The van der Waals surface area contributed by atoms with Crippen molar-refractivity contribution in [1.82, 2.24) is 20.5 Å². The number of nitrogens with one attached hydrogen (secondary N) is 2. The van der Waals surface area contributed by atoms with Crippen LogP contribution in [-0.2, 0) is 6.42 Å². The predicted octanol–water partition coefficient (Wildman–Crippen LogP) is 2.01. The largest absolute Gasteiger partial charge is 0.497 e. The molecule has 4 rings (SSSR count). The van der Waals surface area contributed by atoms with E-state index in [1.165, 1.54) is 0 Å². The third-order valence-electron chi connectivity index (χ3n) is 4.38. The Hall–Kier alpha value is -3.09. The van der Waals surface area contributed by atoms with Crippen LogP contribution in [0, 0.1) is 6.92 Å². The molecule has 25 heavy (non-hydrogen) atoms. The van der Waals surface area contributed by atoms with Crippen LogP contribution >= 0.6 is 0 Å². The minimum Gasteiger partial charge on any atom is -0.497 e. The number of aromatic nitrogens is 3. The van der Waals surface area contributed by atoms with Gasteiger partial charge in [-0.05, 0) is 31.0 Å². The molecule has 2 aromatic heterocycles. The molecule has 0 bridgehead atoms. The molecule has 3 aromatic rings. The van der Waals surface area contributed by atoms with E-state index in [1.54, 1.807) is 19.4 Å². The highest BCUT2D eigenvalue weighted by Crippen LogP contribution is 2.29. The summed E-state index contributed by atoms with van der Waals surface area (Å²) in [5.41, 5.74) is 3.06. The quantitative estimate of drug-likeness (QED) is 0.762. The van der Waals surface area contributed by atoms with Crippen molar-refractivity contribution in [2.45, 2.75) is 19.4 Å². The zero-order chi connectivity index (χ0) is 17.4. The number of aromatic amines is 1. The number of pyridine rings is 1. The van der Waals surface area contributed by atoms with Gasteiger partial charge in [0.15, 0.2) is 5.65 Å². The molecular formula is C18H18N4O3. The molecule has 1 amide bonds. The third-order valence-corrected chi connectivity index (χ3v) is 4.38. The number of hydrogen-bond donors (Lipinski definition) is 2. The number of aryl methyl sites for hydroxylation is 1. The first kappa shape index (κ1) is 15.4. The number of rotatable bonds is 3. The Kier molecular flexibility index (Phi) is 3.76. The first-order chi connectivity index (χ1) is 12.1. The number of fused-ring (bicyclic) bond motifs is 2. The van der Waals surface area contributed by atoms with Gasteiger partial charge in [0.2, 0.25) is 0 Å². The summed E-state index contributed by atoms with van der Waals surface area (Å²) in [5, 5.41) is 10.8. The van der Waals surface area contributed by atoms with Gasteiger partial charge >= 0.3 is 0 Å². The molecule has 128 valence electrons. The van der Waals surface area contributed by atoms with Crippen molar-refractivity contribution in [2.24, 2.45) is 0 Å². The Morgan fingerprint density at radius 3 is 3.12 bits per heavy atom. The third kappa shape index (κ3) is 2.88. The van der Waals surface area contributed by atoms with Gasteiger partial charge < -0.3 is 14.8 Å². The van der Waals surface area contributed by atoms with Crippen LogP contribution in [0.25, 0.3) is 11.0 Å². The summed E-state index contributed by atoms with van der Waals surface area (Å²) in [6.45, 7) is 2.32. The molecule has 1 atom stereocenters. The van der Waals surface area contributed by atoms with E-state index in [0.29, 0.717) is 24.2 Å². The fraction of sp³-hybridized carbons (Fsp3) is 0.278. The monoisotopic (exact) mass is 338 g/mol. The second-order valence-electron chi connectivity index (χ2n) is 6.10. The molecular weight excluding hydrogens is 320 g/mol. The van der Waals surface area contributed by atoms with E-state index in [0.717, 1.165) is 28.1 Å². The second-order valence-corrected chi connectivity index (χ2v) is 6.10. The molecule has 7 heteroatoms. The summed E-state index contributed by atoms with van der Waals surface area (Å²) in [4.78, 5) is 16.8. The number of carbonyl (C=O) groups excluding carboxylic acids is 1. The predicted molar refractivity (Wildman–Crippen MR) is 92.1 cm³/mol. The van der Waals surface area contributed by atoms with E-state index >= 15 is 0 Å². The maximum absolute atomic E-state index is 12.5. The van der Waals surface area contributed by atoms with Gasteiger partial charge in [-0.1, -0.05) is 6.07 Å². The van der Waals surface area contributed by atoms with Crippen LogP contribution in [0.4, 0.5) is 0 Å². The molecule has 1 aromatic carbocycles. The van der Waals surface area contributed by atoms with E-state index in [2.05, 4.69) is 20.5 Å². The Bertz CT molecular complexity index is 951. The van der Waals surface area contributed by atoms with Gasteiger partial charge in [0.1, 0.15) is 18.1 Å². The van der Waals surface area contributed by atoms with Crippen LogP contribution in [0.2, 0.25) is 0 Å². The topological polar surface area (TPSA) is 89.1 Å². The number of nitrogens with zero attached hydrogens (tertiary/aromatic N) is 2. The molecule has 7 nitrogen and oxygen atoms in total. The van der Waals surface area contributed by atoms with E-state index in [-0.39, 0.29) is 11.9 Å². The zero-order valence-electron chi connectivity index (χ0n) is 14.0. The van der Waals surface area contributed by atoms with Crippen molar-refractivity contribution in [3.05, 3.63) is 47.3 Å². The summed E-state index contributed by atoms with van der Waals surface area (Å²) >= 11 is 0. The van der Waals surface area contributed by atoms with E-state index < -0.39 is 0 Å². The lowest BCUT2D eigenvalue weighted by Crippen LogP contribution is -2.42. The van der Waals surface area contributed by atoms with Crippen molar-refractivity contribution >= 4 is 16.9 Å². The van der Waals surface area contributed by atoms with Gasteiger partial charge in [0.25, 0.3) is 5.91 Å². The van der Waals surface area contributed by atoms with Gasteiger partial charge in [-0.25, -0.2) is 4.98 Å². The van der Waals surface area contributed by atoms with Crippen molar-refractivity contribution in [3.8, 4) is 11.5 Å². The van der Waals surface area contributed by atoms with E-state index in [1.807, 2.05) is 25.1 Å². The van der Waals surface area contributed by atoms with Crippen LogP contribution < -0.4 is 14.8 Å². The molecule has 3 heterocycles. The second kappa shape index (κ2) is 6.08. The lowest BCUT2D eigenvalue weighted by molar-refractivity contribution is 0.0915. The van der Waals surface area contributed by atoms with Gasteiger partial charge in [0, 0.05) is 23.3 Å². The SMILES string of the molecule is COc1ccc2c(c1)OCC(NC(=O)c1cnc3n[nH]c(C)c3c1)C2. The Balaban J connectivity index is 1.49. The van der Waals surface area contributed by atoms with Crippen LogP contribution in [0.5, 0.6) is 11.5 Å². The zero-order valence-corrected chi connectivity index (χ0v) is 14.0. The number of amides is 1. The molecule has 0 saturated heterocycles. The minimum atomic E-state index is -0.166. The molecule has 0 aliphatic carbocycles. The first-order valence-electron chi connectivity index (χ1n) is 8.05. The summed E-state index contributed by atoms with van der Waals surface area (Å²) in [7, 11) is 1.63. The molecule has 1 aliphatic heterocycles. The maximum Gasteiger partial charge on any atom is 0.253 e. The smallest absolute Gasteiger partial charge is 0.253 e. The van der Waals surface area contributed by atoms with Crippen LogP contribution in [0.15, 0.2) is 30.5 Å². The highest BCUT2D eigenvalue weighted by Gasteiger charge is 2.22. The lowest BCUT2D eigenvalue weighted by atomic mass is 10.0. The van der Waals surface area contributed by atoms with Crippen molar-refractivity contribution < 1.29 is 14.3 Å². The molecule has 0 radical (unpaired) electrons. The van der Waals surface area contributed by atoms with E-state index in [9.17, 15) is 4.79 Å². The first-order valence-corrected chi connectivity index (χ1v) is 8.05. The van der Waals surface area contributed by atoms with Crippen LogP contribution in [0.1, 0.15) is 21.6 Å². The Morgan fingerprint density at radius 1 is 1.40 bits per heavy atom. The number of benzene rings is 1. The molecule has 0 fully saturated rings. The van der Waals surface area contributed by atoms with Gasteiger partial charge in [-0.15, -0.1) is 0 Å². The Labute approximate surface area is 144 Å². The number of carbonyl (C=O) groups is 1. The molecule has 0 saturated carbocycles. The summed E-state index contributed by atoms with van der Waals surface area (Å²) in [5.74, 6) is 1.40. The van der Waals surface area contributed by atoms with Crippen LogP contribution in [-0.4, -0.2) is 40.8 Å². The summed E-state index contributed by atoms with van der Waals surface area (Å²) in [6, 6.07) is 7.45. The van der Waals surface area contributed by atoms with Crippen molar-refractivity contribution in [3.63, 3.8) is 0 Å². The van der Waals surface area contributed by atoms with Gasteiger partial charge in [0.05, 0.1) is 18.7 Å². The summed E-state index contributed by atoms with van der Waals surface area (Å²) in [6.07, 6.45) is 2.26. The van der Waals surface area contributed by atoms with Crippen molar-refractivity contribution in [2.75, 3.05) is 13.7 Å². The highest BCUT2D eigenvalue weighted by molar-refractivity contribution is 5.97. The molecule has 0 spiro atoms. The average Bonchev–Trinajstić information content (AvgIpc) is 3.01. The molecule has 2 N–H and O–H groups in total. The van der Waals surface area contributed by atoms with Gasteiger partial charge in [-0.2, -0.15) is 5.10 Å². The molecule has 1 aliphatic rings. The molecule has 1 unspecified atom stereocenters. The number of H-pyrrole nitrogens is 1. The Morgan fingerprint density at radius 2 is 2.28 bits per heavy atom. The fourth-order valence-electron chi connectivity index (χ4n) is 2.98. The van der Waals surface area contributed by atoms with Crippen LogP contribution in [0.3, 0.4) is 0 Å². The standard InChI is InChI=1S/C18H18N4O3/c1-10-15-6-12(8-19-17(15)22-21-10)18(23)20-13-5-11-3-4-14(24-2)7-16(11)25-9-13/h3-4,6-8,13H,5,9H2,1-2H3,(H,20,23)(H,19,21,22). The van der Waals surface area contributed by atoms with Crippen molar-refractivity contribution in [1.29, 1.82) is 0 Å². The highest BCUT2D eigenvalue weighted by atomic mass is 16.5. The fourth-order valence-corrected chi connectivity index (χ4v) is 2.98. The number of methoxy groups -OCH3 is 1. The van der Waals surface area contributed by atoms with Gasteiger partial charge in [-0.3, -0.25) is 9.89 Å². The maximum atomic E-state index is 12.5. The number of ether oxygens (including phenoxy) is 2. The average molecular weight is 338 g/mol. The normalized spacial score (nSPS) is 16.2. The summed E-state index contributed by atoms with van der Waals surface area (Å²) < 4.78 is 11.0. The lowest BCUT2D eigenvalue weighted by Gasteiger charge is -2.26.